The lowest BCUT2D eigenvalue weighted by Gasteiger charge is -2.06. The Labute approximate surface area is 184 Å². The number of fused-ring (bicyclic) bond motifs is 1. The first kappa shape index (κ1) is 21.3. The van der Waals surface area contributed by atoms with E-state index in [9.17, 15) is 13.2 Å². The van der Waals surface area contributed by atoms with Gasteiger partial charge < -0.3 is 4.74 Å². The molecule has 0 aliphatic heterocycles. The first-order chi connectivity index (χ1) is 15.5. The lowest BCUT2D eigenvalue weighted by molar-refractivity contribution is 0.363. The molecule has 0 N–H and O–H groups in total. The third-order valence-electron chi connectivity index (χ3n) is 4.99. The van der Waals surface area contributed by atoms with Gasteiger partial charge in [-0.15, -0.1) is 0 Å². The molecule has 32 heavy (non-hydrogen) atoms. The molecule has 0 aromatic heterocycles. The van der Waals surface area contributed by atoms with Crippen molar-refractivity contribution in [3.8, 4) is 28.7 Å². The molecule has 0 spiro atoms. The molecular weight excluding hydrogens is 409 g/mol. The van der Waals surface area contributed by atoms with Crippen LogP contribution in [0.25, 0.3) is 21.9 Å². The summed E-state index contributed by atoms with van der Waals surface area (Å²) in [5.41, 5.74) is 2.44. The molecule has 0 saturated heterocycles. The summed E-state index contributed by atoms with van der Waals surface area (Å²) in [5.74, 6) is 4.24. The van der Waals surface area contributed by atoms with E-state index in [1.165, 1.54) is 18.2 Å². The first-order valence-electron chi connectivity index (χ1n) is 10.1. The zero-order valence-corrected chi connectivity index (χ0v) is 17.3. The zero-order chi connectivity index (χ0) is 22.5. The van der Waals surface area contributed by atoms with Gasteiger partial charge in [0, 0.05) is 10.9 Å². The van der Waals surface area contributed by atoms with Crippen molar-refractivity contribution >= 4 is 10.8 Å². The van der Waals surface area contributed by atoms with E-state index >= 15 is 0 Å². The van der Waals surface area contributed by atoms with E-state index < -0.39 is 17.5 Å². The van der Waals surface area contributed by atoms with Crippen LogP contribution in [0.5, 0.6) is 5.75 Å². The van der Waals surface area contributed by atoms with Crippen LogP contribution >= 0.6 is 0 Å². The fourth-order valence-corrected chi connectivity index (χ4v) is 3.26. The van der Waals surface area contributed by atoms with Crippen molar-refractivity contribution in [2.45, 2.75) is 6.92 Å². The van der Waals surface area contributed by atoms with E-state index in [1.54, 1.807) is 24.3 Å². The smallest absolute Gasteiger partial charge is 0.166 e. The van der Waals surface area contributed by atoms with Gasteiger partial charge in [0.05, 0.1) is 5.56 Å². The number of hydrogen-bond donors (Lipinski definition) is 0. The van der Waals surface area contributed by atoms with Gasteiger partial charge in [0.1, 0.15) is 18.2 Å². The SMILES string of the molecule is C/C=C/COc1ccc(-c2ccc(C#Cc3ccc4c(F)c(F)ccc4c3)c(F)c2)cc1. The van der Waals surface area contributed by atoms with E-state index in [2.05, 4.69) is 11.8 Å². The molecule has 0 aliphatic rings. The van der Waals surface area contributed by atoms with Crippen LogP contribution in [-0.2, 0) is 0 Å². The van der Waals surface area contributed by atoms with E-state index in [4.69, 9.17) is 4.74 Å². The van der Waals surface area contributed by atoms with Crippen LogP contribution in [0.3, 0.4) is 0 Å². The van der Waals surface area contributed by atoms with Crippen molar-refractivity contribution in [3.05, 3.63) is 114 Å². The highest BCUT2D eigenvalue weighted by Crippen LogP contribution is 2.25. The highest BCUT2D eigenvalue weighted by molar-refractivity contribution is 5.84. The third-order valence-corrected chi connectivity index (χ3v) is 4.99. The summed E-state index contributed by atoms with van der Waals surface area (Å²) in [6, 6.07) is 19.6. The number of rotatable bonds is 4. The molecule has 0 unspecified atom stereocenters. The molecule has 0 amide bonds. The van der Waals surface area contributed by atoms with Gasteiger partial charge in [0.25, 0.3) is 0 Å². The summed E-state index contributed by atoms with van der Waals surface area (Å²) < 4.78 is 47.4. The summed E-state index contributed by atoms with van der Waals surface area (Å²) in [7, 11) is 0. The summed E-state index contributed by atoms with van der Waals surface area (Å²) in [6.45, 7) is 2.43. The lowest BCUT2D eigenvalue weighted by atomic mass is 10.0. The van der Waals surface area contributed by atoms with E-state index in [0.717, 1.165) is 22.9 Å². The predicted molar refractivity (Wildman–Crippen MR) is 122 cm³/mol. The second-order valence-electron chi connectivity index (χ2n) is 7.15. The molecule has 0 bridgehead atoms. The monoisotopic (exact) mass is 428 g/mol. The molecule has 158 valence electrons. The first-order valence-corrected chi connectivity index (χ1v) is 10.1. The highest BCUT2D eigenvalue weighted by atomic mass is 19.2. The summed E-state index contributed by atoms with van der Waals surface area (Å²) in [5, 5.41) is 0.717. The number of hydrogen-bond acceptors (Lipinski definition) is 1. The van der Waals surface area contributed by atoms with Crippen LogP contribution < -0.4 is 4.74 Å². The number of halogens is 3. The Bertz CT molecular complexity index is 1360. The van der Waals surface area contributed by atoms with Gasteiger partial charge in [-0.05, 0) is 65.9 Å². The molecule has 4 aromatic carbocycles. The van der Waals surface area contributed by atoms with Crippen LogP contribution in [0, 0.1) is 29.3 Å². The van der Waals surface area contributed by atoms with Gasteiger partial charge in [-0.3, -0.25) is 0 Å². The molecule has 4 aromatic rings. The topological polar surface area (TPSA) is 9.23 Å². The Morgan fingerprint density at radius 3 is 2.31 bits per heavy atom. The van der Waals surface area contributed by atoms with Crippen molar-refractivity contribution in [3.63, 3.8) is 0 Å². The van der Waals surface area contributed by atoms with E-state index in [-0.39, 0.29) is 10.9 Å². The standard InChI is InChI=1S/C28H19F3O/c1-2-3-16-32-24-12-9-20(10-13-24)22-8-7-21(27(30)18-22)6-4-19-5-14-25-23(17-19)11-15-26(29)28(25)31/h2-3,5,7-15,17-18H,16H2,1H3/b3-2+. The largest absolute Gasteiger partial charge is 0.490 e. The molecule has 0 fully saturated rings. The molecule has 0 aliphatic carbocycles. The Morgan fingerprint density at radius 1 is 0.781 bits per heavy atom. The molecule has 0 atom stereocenters. The Morgan fingerprint density at radius 2 is 1.56 bits per heavy atom. The van der Waals surface area contributed by atoms with Gasteiger partial charge in [-0.1, -0.05) is 54.3 Å². The zero-order valence-electron chi connectivity index (χ0n) is 17.3. The Hall–Kier alpha value is -3.97. The number of ether oxygens (including phenoxy) is 1. The van der Waals surface area contributed by atoms with Gasteiger partial charge in [-0.2, -0.15) is 0 Å². The minimum absolute atomic E-state index is 0.185. The van der Waals surface area contributed by atoms with Crippen molar-refractivity contribution in [1.82, 2.24) is 0 Å². The fraction of sp³-hybridized carbons (Fsp3) is 0.0714. The third kappa shape index (κ3) is 4.68. The molecular formula is C28H19F3O. The van der Waals surface area contributed by atoms with Crippen LogP contribution in [-0.4, -0.2) is 6.61 Å². The normalized spacial score (nSPS) is 10.9. The maximum atomic E-state index is 14.6. The van der Waals surface area contributed by atoms with Crippen molar-refractivity contribution < 1.29 is 17.9 Å². The van der Waals surface area contributed by atoms with Crippen molar-refractivity contribution in [2.75, 3.05) is 6.61 Å². The summed E-state index contributed by atoms with van der Waals surface area (Å²) in [4.78, 5) is 0. The minimum atomic E-state index is -0.894. The number of allylic oxidation sites excluding steroid dienone is 1. The quantitative estimate of drug-likeness (QED) is 0.245. The highest BCUT2D eigenvalue weighted by Gasteiger charge is 2.07. The maximum Gasteiger partial charge on any atom is 0.166 e. The molecule has 0 heterocycles. The summed E-state index contributed by atoms with van der Waals surface area (Å²) >= 11 is 0. The van der Waals surface area contributed by atoms with Crippen LogP contribution in [0.2, 0.25) is 0 Å². The fourth-order valence-electron chi connectivity index (χ4n) is 3.26. The molecule has 4 heteroatoms. The molecule has 0 radical (unpaired) electrons. The van der Waals surface area contributed by atoms with Crippen molar-refractivity contribution in [2.24, 2.45) is 0 Å². The Kier molecular flexibility index (Phi) is 6.28. The summed E-state index contributed by atoms with van der Waals surface area (Å²) in [6.07, 6.45) is 3.83. The molecule has 1 nitrogen and oxygen atoms in total. The average molecular weight is 428 g/mol. The van der Waals surface area contributed by atoms with Gasteiger partial charge in [-0.25, -0.2) is 13.2 Å². The van der Waals surface area contributed by atoms with Gasteiger partial charge in [0.2, 0.25) is 0 Å². The predicted octanol–water partition coefficient (Wildman–Crippen LogP) is 7.28. The van der Waals surface area contributed by atoms with Crippen molar-refractivity contribution in [1.29, 1.82) is 0 Å². The van der Waals surface area contributed by atoms with Gasteiger partial charge >= 0.3 is 0 Å². The Balaban J connectivity index is 1.54. The maximum absolute atomic E-state index is 14.6. The second kappa shape index (κ2) is 9.45. The minimum Gasteiger partial charge on any atom is -0.490 e. The van der Waals surface area contributed by atoms with Crippen LogP contribution in [0.4, 0.5) is 13.2 Å². The van der Waals surface area contributed by atoms with E-state index in [0.29, 0.717) is 17.6 Å². The lowest BCUT2D eigenvalue weighted by Crippen LogP contribution is -1.92. The second-order valence-corrected chi connectivity index (χ2v) is 7.15. The van der Waals surface area contributed by atoms with Crippen LogP contribution in [0.15, 0.2) is 84.9 Å². The van der Waals surface area contributed by atoms with E-state index in [1.807, 2.05) is 43.3 Å². The molecule has 0 saturated carbocycles. The number of benzene rings is 4. The molecule has 4 rings (SSSR count). The van der Waals surface area contributed by atoms with Crippen LogP contribution in [0.1, 0.15) is 18.1 Å². The average Bonchev–Trinajstić information content (AvgIpc) is 2.81. The van der Waals surface area contributed by atoms with Gasteiger partial charge in [0.15, 0.2) is 11.6 Å².